The van der Waals surface area contributed by atoms with Crippen LogP contribution < -0.4 is 11.1 Å². The van der Waals surface area contributed by atoms with E-state index in [1.165, 1.54) is 0 Å². The predicted octanol–water partition coefficient (Wildman–Crippen LogP) is 2.56. The maximum Gasteiger partial charge on any atom is 0.253 e. The van der Waals surface area contributed by atoms with Gasteiger partial charge in [0, 0.05) is 18.3 Å². The van der Waals surface area contributed by atoms with Crippen molar-refractivity contribution in [3.05, 3.63) is 42.0 Å². The van der Waals surface area contributed by atoms with Crippen molar-refractivity contribution in [1.29, 1.82) is 0 Å². The van der Waals surface area contributed by atoms with Crippen LogP contribution in [0.4, 0.5) is 5.69 Å². The third-order valence-electron chi connectivity index (χ3n) is 3.72. The van der Waals surface area contributed by atoms with E-state index in [0.717, 1.165) is 10.8 Å². The van der Waals surface area contributed by atoms with Gasteiger partial charge >= 0.3 is 0 Å². The highest BCUT2D eigenvalue weighted by Crippen LogP contribution is 2.22. The summed E-state index contributed by atoms with van der Waals surface area (Å²) >= 11 is 0. The van der Waals surface area contributed by atoms with E-state index in [1.54, 1.807) is 0 Å². The number of benzene rings is 2. The Bertz CT molecular complexity index is 638. The summed E-state index contributed by atoms with van der Waals surface area (Å²) in [6, 6.07) is 11.4. The second kappa shape index (κ2) is 6.59. The van der Waals surface area contributed by atoms with Crippen molar-refractivity contribution >= 4 is 22.4 Å². The highest BCUT2D eigenvalue weighted by atomic mass is 16.3. The number of carbonyl (C=O) groups excluding carboxylic acids is 1. The van der Waals surface area contributed by atoms with E-state index in [0.29, 0.717) is 17.7 Å². The number of amides is 1. The standard InChI is InChI=1S/C17H22N2O2/c1-11(2)16(7-8-20)19-17(21)14-9-12-5-3-4-6-13(12)10-15(14)18/h3-6,9-11,16,20H,7-8,18H2,1-2H3,(H,19,21). The Morgan fingerprint density at radius 2 is 1.86 bits per heavy atom. The van der Waals surface area contributed by atoms with Crippen molar-refractivity contribution in [2.45, 2.75) is 26.3 Å². The zero-order valence-electron chi connectivity index (χ0n) is 12.5. The summed E-state index contributed by atoms with van der Waals surface area (Å²) in [6.45, 7) is 4.09. The maximum absolute atomic E-state index is 12.4. The van der Waals surface area contributed by atoms with E-state index in [2.05, 4.69) is 5.32 Å². The van der Waals surface area contributed by atoms with Crippen LogP contribution in [0.25, 0.3) is 10.8 Å². The van der Waals surface area contributed by atoms with Crippen molar-refractivity contribution in [3.63, 3.8) is 0 Å². The predicted molar refractivity (Wildman–Crippen MR) is 86.2 cm³/mol. The molecule has 112 valence electrons. The van der Waals surface area contributed by atoms with Crippen LogP contribution in [-0.2, 0) is 0 Å². The molecule has 4 N–H and O–H groups in total. The van der Waals surface area contributed by atoms with E-state index in [4.69, 9.17) is 10.8 Å². The minimum atomic E-state index is -0.189. The van der Waals surface area contributed by atoms with Gasteiger partial charge in [-0.3, -0.25) is 4.79 Å². The van der Waals surface area contributed by atoms with E-state index in [1.807, 2.05) is 50.2 Å². The number of carbonyl (C=O) groups is 1. The number of hydrogen-bond donors (Lipinski definition) is 3. The molecule has 0 spiro atoms. The summed E-state index contributed by atoms with van der Waals surface area (Å²) in [6.07, 6.45) is 0.539. The average molecular weight is 286 g/mol. The molecule has 0 bridgehead atoms. The molecule has 1 unspecified atom stereocenters. The smallest absolute Gasteiger partial charge is 0.253 e. The SMILES string of the molecule is CC(C)C(CCO)NC(=O)c1cc2ccccc2cc1N. The molecule has 0 aromatic heterocycles. The van der Waals surface area contributed by atoms with Gasteiger partial charge in [-0.05, 0) is 35.2 Å². The van der Waals surface area contributed by atoms with Gasteiger partial charge < -0.3 is 16.2 Å². The molecule has 1 atom stereocenters. The maximum atomic E-state index is 12.4. The second-order valence-corrected chi connectivity index (χ2v) is 5.62. The number of nitrogens with two attached hydrogens (primary N) is 1. The number of rotatable bonds is 5. The molecule has 4 nitrogen and oxygen atoms in total. The lowest BCUT2D eigenvalue weighted by atomic mass is 9.99. The Labute approximate surface area is 125 Å². The minimum Gasteiger partial charge on any atom is -0.398 e. The Kier molecular flexibility index (Phi) is 4.81. The van der Waals surface area contributed by atoms with Crippen molar-refractivity contribution in [2.24, 2.45) is 5.92 Å². The highest BCUT2D eigenvalue weighted by molar-refractivity contribution is 6.04. The Morgan fingerprint density at radius 3 is 2.43 bits per heavy atom. The van der Waals surface area contributed by atoms with E-state index >= 15 is 0 Å². The molecule has 0 heterocycles. The quantitative estimate of drug-likeness (QED) is 0.739. The Balaban J connectivity index is 2.28. The molecule has 2 aromatic carbocycles. The van der Waals surface area contributed by atoms with Gasteiger partial charge in [0.15, 0.2) is 0 Å². The number of anilines is 1. The van der Waals surface area contributed by atoms with Crippen LogP contribution in [0.15, 0.2) is 36.4 Å². The fraction of sp³-hybridized carbons (Fsp3) is 0.353. The minimum absolute atomic E-state index is 0.0519. The molecule has 4 heteroatoms. The van der Waals surface area contributed by atoms with Gasteiger partial charge in [0.25, 0.3) is 5.91 Å². The molecule has 0 fully saturated rings. The van der Waals surface area contributed by atoms with Crippen LogP contribution in [0.2, 0.25) is 0 Å². The van der Waals surface area contributed by atoms with Gasteiger partial charge in [-0.15, -0.1) is 0 Å². The Hall–Kier alpha value is -2.07. The molecule has 0 aliphatic carbocycles. The number of nitrogen functional groups attached to an aromatic ring is 1. The molecule has 0 saturated heterocycles. The number of aliphatic hydroxyl groups excluding tert-OH is 1. The van der Waals surface area contributed by atoms with E-state index in [-0.39, 0.29) is 24.5 Å². The topological polar surface area (TPSA) is 75.3 Å². The molecule has 0 radical (unpaired) electrons. The van der Waals surface area contributed by atoms with Crippen molar-refractivity contribution in [2.75, 3.05) is 12.3 Å². The zero-order valence-corrected chi connectivity index (χ0v) is 12.5. The molecule has 1 amide bonds. The van der Waals surface area contributed by atoms with Crippen LogP contribution in [0.3, 0.4) is 0 Å². The fourth-order valence-electron chi connectivity index (χ4n) is 2.41. The summed E-state index contributed by atoms with van der Waals surface area (Å²) in [5, 5.41) is 14.1. The first-order valence-electron chi connectivity index (χ1n) is 7.23. The van der Waals surface area contributed by atoms with E-state index in [9.17, 15) is 4.79 Å². The third kappa shape index (κ3) is 3.52. The molecular formula is C17H22N2O2. The van der Waals surface area contributed by atoms with Crippen molar-refractivity contribution in [3.8, 4) is 0 Å². The van der Waals surface area contributed by atoms with Gasteiger partial charge in [0.05, 0.1) is 5.56 Å². The lowest BCUT2D eigenvalue weighted by Crippen LogP contribution is -2.39. The van der Waals surface area contributed by atoms with E-state index < -0.39 is 0 Å². The van der Waals surface area contributed by atoms with Crippen molar-refractivity contribution in [1.82, 2.24) is 5.32 Å². The average Bonchev–Trinajstić information content (AvgIpc) is 2.45. The van der Waals surface area contributed by atoms with Gasteiger partial charge in [-0.2, -0.15) is 0 Å². The summed E-state index contributed by atoms with van der Waals surface area (Å²) < 4.78 is 0. The summed E-state index contributed by atoms with van der Waals surface area (Å²) in [4.78, 5) is 12.4. The second-order valence-electron chi connectivity index (χ2n) is 5.62. The lowest BCUT2D eigenvalue weighted by molar-refractivity contribution is 0.0917. The molecule has 0 aliphatic heterocycles. The molecule has 2 rings (SSSR count). The molecule has 21 heavy (non-hydrogen) atoms. The summed E-state index contributed by atoms with van der Waals surface area (Å²) in [5.74, 6) is 0.0631. The van der Waals surface area contributed by atoms with Crippen LogP contribution >= 0.6 is 0 Å². The normalized spacial score (nSPS) is 12.6. The lowest BCUT2D eigenvalue weighted by Gasteiger charge is -2.22. The molecule has 0 saturated carbocycles. The van der Waals surface area contributed by atoms with Crippen LogP contribution in [0, 0.1) is 5.92 Å². The zero-order chi connectivity index (χ0) is 15.4. The molecule has 0 aliphatic rings. The third-order valence-corrected chi connectivity index (χ3v) is 3.72. The van der Waals surface area contributed by atoms with Gasteiger partial charge in [0.1, 0.15) is 0 Å². The Morgan fingerprint density at radius 1 is 1.24 bits per heavy atom. The highest BCUT2D eigenvalue weighted by Gasteiger charge is 2.18. The molecular weight excluding hydrogens is 264 g/mol. The van der Waals surface area contributed by atoms with Gasteiger partial charge in [0.2, 0.25) is 0 Å². The number of hydrogen-bond acceptors (Lipinski definition) is 3. The van der Waals surface area contributed by atoms with Crippen molar-refractivity contribution < 1.29 is 9.90 Å². The van der Waals surface area contributed by atoms with Crippen LogP contribution in [0.1, 0.15) is 30.6 Å². The summed E-state index contributed by atoms with van der Waals surface area (Å²) in [5.41, 5.74) is 6.96. The first-order chi connectivity index (χ1) is 10.0. The van der Waals surface area contributed by atoms with Gasteiger partial charge in [-0.25, -0.2) is 0 Å². The van der Waals surface area contributed by atoms with Gasteiger partial charge in [-0.1, -0.05) is 38.1 Å². The number of nitrogens with one attached hydrogen (secondary N) is 1. The monoisotopic (exact) mass is 286 g/mol. The fourth-order valence-corrected chi connectivity index (χ4v) is 2.41. The first-order valence-corrected chi connectivity index (χ1v) is 7.23. The first kappa shape index (κ1) is 15.3. The molecule has 2 aromatic rings. The summed E-state index contributed by atoms with van der Waals surface area (Å²) in [7, 11) is 0. The number of fused-ring (bicyclic) bond motifs is 1. The van der Waals surface area contributed by atoms with Crippen LogP contribution in [-0.4, -0.2) is 23.7 Å². The largest absolute Gasteiger partial charge is 0.398 e. The number of aliphatic hydroxyl groups is 1. The van der Waals surface area contributed by atoms with Crippen LogP contribution in [0.5, 0.6) is 0 Å².